The average molecular weight is 270 g/mol. The van der Waals surface area contributed by atoms with Gasteiger partial charge in [-0.1, -0.05) is 11.3 Å². The molecule has 1 N–H and O–H groups in total. The molecule has 2 aromatic rings. The van der Waals surface area contributed by atoms with Crippen LogP contribution < -0.4 is 5.32 Å². The lowest BCUT2D eigenvalue weighted by Crippen LogP contribution is -1.96. The molecule has 0 saturated carbocycles. The lowest BCUT2D eigenvalue weighted by Gasteiger charge is -1.98. The average Bonchev–Trinajstić information content (AvgIpc) is 2.80. The summed E-state index contributed by atoms with van der Waals surface area (Å²) in [5.41, 5.74) is 2.46. The minimum absolute atomic E-state index is 0. The summed E-state index contributed by atoms with van der Waals surface area (Å²) in [6.07, 6.45) is 5.68. The zero-order chi connectivity index (χ0) is 11.0. The maximum absolute atomic E-state index is 4.75. The molecule has 0 amide bonds. The standard InChI is InChI=1S/C12H15N3S.ClH/c1-15-8-4-6-10(15)12-14-9-5-2-3-7-13-11(9)16-12;/h4,6,8,13H,2-3,5,7H2,1H3;1H. The molecule has 0 bridgehead atoms. The number of nitrogens with zero attached hydrogens (tertiary/aromatic N) is 2. The fourth-order valence-electron chi connectivity index (χ4n) is 2.07. The van der Waals surface area contributed by atoms with Gasteiger partial charge in [0.25, 0.3) is 0 Å². The Bertz CT molecular complexity index is 480. The molecule has 0 fully saturated rings. The largest absolute Gasteiger partial charge is 0.375 e. The number of thiazole rings is 1. The van der Waals surface area contributed by atoms with Gasteiger partial charge in [0.05, 0.1) is 11.4 Å². The van der Waals surface area contributed by atoms with Crippen LogP contribution in [0.15, 0.2) is 18.3 Å². The SMILES string of the molecule is Cl.Cn1cccc1-c1nc2c(s1)NCCCC2. The molecule has 3 rings (SSSR count). The highest BCUT2D eigenvalue weighted by atomic mass is 35.5. The Hall–Kier alpha value is -1.00. The predicted molar refractivity (Wildman–Crippen MR) is 75.2 cm³/mol. The number of aryl methyl sites for hydroxylation is 2. The normalized spacial score (nSPS) is 14.4. The van der Waals surface area contributed by atoms with Gasteiger partial charge >= 0.3 is 0 Å². The van der Waals surface area contributed by atoms with Crippen molar-refractivity contribution >= 4 is 28.7 Å². The second-order valence-electron chi connectivity index (χ2n) is 4.18. The highest BCUT2D eigenvalue weighted by Gasteiger charge is 2.15. The van der Waals surface area contributed by atoms with Gasteiger partial charge in [-0.15, -0.1) is 12.4 Å². The number of rotatable bonds is 1. The van der Waals surface area contributed by atoms with Crippen molar-refractivity contribution < 1.29 is 0 Å². The maximum Gasteiger partial charge on any atom is 0.142 e. The molecule has 0 aliphatic carbocycles. The summed E-state index contributed by atoms with van der Waals surface area (Å²) in [6.45, 7) is 1.09. The van der Waals surface area contributed by atoms with Gasteiger partial charge < -0.3 is 9.88 Å². The van der Waals surface area contributed by atoms with Crippen LogP contribution in [-0.4, -0.2) is 16.1 Å². The van der Waals surface area contributed by atoms with Gasteiger partial charge in [0.2, 0.25) is 0 Å². The molecule has 2 aromatic heterocycles. The molecule has 0 unspecified atom stereocenters. The Labute approximate surface area is 111 Å². The van der Waals surface area contributed by atoms with E-state index in [1.165, 1.54) is 29.2 Å². The van der Waals surface area contributed by atoms with E-state index in [2.05, 4.69) is 35.3 Å². The second kappa shape index (κ2) is 5.10. The lowest BCUT2D eigenvalue weighted by atomic mass is 10.2. The van der Waals surface area contributed by atoms with Crippen LogP contribution in [0.2, 0.25) is 0 Å². The number of halogens is 1. The summed E-state index contributed by atoms with van der Waals surface area (Å²) in [5, 5.41) is 5.88. The van der Waals surface area contributed by atoms with Gasteiger partial charge in [0.15, 0.2) is 0 Å². The highest BCUT2D eigenvalue weighted by molar-refractivity contribution is 7.19. The van der Waals surface area contributed by atoms with Gasteiger partial charge in [0, 0.05) is 19.8 Å². The zero-order valence-corrected chi connectivity index (χ0v) is 11.4. The minimum atomic E-state index is 0. The predicted octanol–water partition coefficient (Wildman–Crippen LogP) is 3.32. The number of anilines is 1. The van der Waals surface area contributed by atoms with Gasteiger partial charge in [-0.25, -0.2) is 4.98 Å². The van der Waals surface area contributed by atoms with E-state index >= 15 is 0 Å². The number of fused-ring (bicyclic) bond motifs is 1. The molecule has 92 valence electrons. The Morgan fingerprint density at radius 3 is 3.06 bits per heavy atom. The van der Waals surface area contributed by atoms with Crippen LogP contribution in [0.1, 0.15) is 18.5 Å². The Balaban J connectivity index is 0.00000108. The van der Waals surface area contributed by atoms with Gasteiger partial charge in [-0.3, -0.25) is 0 Å². The molecule has 0 radical (unpaired) electrons. The van der Waals surface area contributed by atoms with Gasteiger partial charge in [-0.2, -0.15) is 0 Å². The van der Waals surface area contributed by atoms with Crippen molar-refractivity contribution in [3.05, 3.63) is 24.0 Å². The van der Waals surface area contributed by atoms with E-state index in [-0.39, 0.29) is 12.4 Å². The number of nitrogens with one attached hydrogen (secondary N) is 1. The van der Waals surface area contributed by atoms with Gasteiger partial charge in [-0.05, 0) is 31.4 Å². The van der Waals surface area contributed by atoms with E-state index in [1.54, 1.807) is 11.3 Å². The molecule has 0 atom stereocenters. The number of hydrogen-bond donors (Lipinski definition) is 1. The second-order valence-corrected chi connectivity index (χ2v) is 5.18. The van der Waals surface area contributed by atoms with Crippen molar-refractivity contribution in [3.63, 3.8) is 0 Å². The van der Waals surface area contributed by atoms with Crippen LogP contribution in [0.5, 0.6) is 0 Å². The first kappa shape index (κ1) is 12.5. The third kappa shape index (κ3) is 2.33. The van der Waals surface area contributed by atoms with E-state index in [0.29, 0.717) is 0 Å². The Morgan fingerprint density at radius 2 is 2.29 bits per heavy atom. The molecule has 3 heterocycles. The summed E-state index contributed by atoms with van der Waals surface area (Å²) < 4.78 is 2.12. The molecule has 0 aromatic carbocycles. The van der Waals surface area contributed by atoms with Crippen LogP contribution in [0.25, 0.3) is 10.7 Å². The molecular weight excluding hydrogens is 254 g/mol. The third-order valence-electron chi connectivity index (χ3n) is 2.99. The Kier molecular flexibility index (Phi) is 3.74. The van der Waals surface area contributed by atoms with Crippen molar-refractivity contribution in [1.29, 1.82) is 0 Å². The lowest BCUT2D eigenvalue weighted by molar-refractivity contribution is 0.775. The summed E-state index contributed by atoms with van der Waals surface area (Å²) in [6, 6.07) is 4.19. The molecule has 5 heteroatoms. The summed E-state index contributed by atoms with van der Waals surface area (Å²) in [7, 11) is 2.06. The third-order valence-corrected chi connectivity index (χ3v) is 4.06. The smallest absolute Gasteiger partial charge is 0.142 e. The minimum Gasteiger partial charge on any atom is -0.375 e. The Morgan fingerprint density at radius 1 is 1.41 bits per heavy atom. The molecule has 0 spiro atoms. The molecule has 0 saturated heterocycles. The first-order valence-electron chi connectivity index (χ1n) is 5.70. The molecule has 1 aliphatic rings. The van der Waals surface area contributed by atoms with Crippen molar-refractivity contribution in [1.82, 2.24) is 9.55 Å². The van der Waals surface area contributed by atoms with E-state index in [1.807, 2.05) is 0 Å². The van der Waals surface area contributed by atoms with Crippen molar-refractivity contribution in [2.45, 2.75) is 19.3 Å². The van der Waals surface area contributed by atoms with E-state index < -0.39 is 0 Å². The summed E-state index contributed by atoms with van der Waals surface area (Å²) in [5.74, 6) is 0. The topological polar surface area (TPSA) is 29.9 Å². The van der Waals surface area contributed by atoms with Crippen molar-refractivity contribution in [2.75, 3.05) is 11.9 Å². The fourth-order valence-corrected chi connectivity index (χ4v) is 3.18. The fraction of sp³-hybridized carbons (Fsp3) is 0.417. The molecule has 1 aliphatic heterocycles. The van der Waals surface area contributed by atoms with Crippen LogP contribution >= 0.6 is 23.7 Å². The van der Waals surface area contributed by atoms with E-state index in [4.69, 9.17) is 4.98 Å². The van der Waals surface area contributed by atoms with Crippen LogP contribution in [0.4, 0.5) is 5.00 Å². The number of hydrogen-bond acceptors (Lipinski definition) is 3. The monoisotopic (exact) mass is 269 g/mol. The van der Waals surface area contributed by atoms with Crippen LogP contribution in [0, 0.1) is 0 Å². The van der Waals surface area contributed by atoms with Crippen LogP contribution in [0.3, 0.4) is 0 Å². The maximum atomic E-state index is 4.75. The van der Waals surface area contributed by atoms with E-state index in [9.17, 15) is 0 Å². The summed E-state index contributed by atoms with van der Waals surface area (Å²) >= 11 is 1.78. The zero-order valence-electron chi connectivity index (χ0n) is 9.77. The van der Waals surface area contributed by atoms with Gasteiger partial charge in [0.1, 0.15) is 10.0 Å². The van der Waals surface area contributed by atoms with E-state index in [0.717, 1.165) is 18.0 Å². The molecule has 17 heavy (non-hydrogen) atoms. The van der Waals surface area contributed by atoms with Crippen molar-refractivity contribution in [3.8, 4) is 10.7 Å². The number of aromatic nitrogens is 2. The molecule has 3 nitrogen and oxygen atoms in total. The van der Waals surface area contributed by atoms with Crippen molar-refractivity contribution in [2.24, 2.45) is 7.05 Å². The quantitative estimate of drug-likeness (QED) is 0.861. The summed E-state index contributed by atoms with van der Waals surface area (Å²) in [4.78, 5) is 4.75. The first-order valence-corrected chi connectivity index (χ1v) is 6.51. The van der Waals surface area contributed by atoms with Crippen LogP contribution in [-0.2, 0) is 13.5 Å². The highest BCUT2D eigenvalue weighted by Crippen LogP contribution is 2.34. The first-order chi connectivity index (χ1) is 7.84. The molecular formula is C12H16ClN3S.